The number of thiophene rings is 1. The van der Waals surface area contributed by atoms with Crippen molar-refractivity contribution in [1.29, 1.82) is 0 Å². The topological polar surface area (TPSA) is 42.0 Å². The van der Waals surface area contributed by atoms with Crippen molar-refractivity contribution in [2.24, 2.45) is 0 Å². The fraction of sp³-hybridized carbons (Fsp3) is 0.158. The molecule has 0 spiro atoms. The lowest BCUT2D eigenvalue weighted by atomic mass is 9.97. The fourth-order valence-electron chi connectivity index (χ4n) is 2.53. The molecule has 0 bridgehead atoms. The average Bonchev–Trinajstić information content (AvgIpc) is 3.09. The standard InChI is InChI=1S/C19H17FN2OS/c1-19(2,16-10-3-4-11-21-16)22-18(23)17-13(7-5-8-14(17)20)15-9-6-12-24-15/h3-12H,1-2H3,(H,22,23). The monoisotopic (exact) mass is 340 g/mol. The maximum atomic E-state index is 14.4. The molecule has 5 heteroatoms. The molecule has 0 aliphatic carbocycles. The molecule has 122 valence electrons. The Hall–Kier alpha value is -2.53. The molecule has 0 atom stereocenters. The summed E-state index contributed by atoms with van der Waals surface area (Å²) >= 11 is 1.47. The van der Waals surface area contributed by atoms with Crippen LogP contribution in [0.4, 0.5) is 4.39 Å². The number of amides is 1. The molecule has 0 radical (unpaired) electrons. The van der Waals surface area contributed by atoms with Crippen LogP contribution in [0, 0.1) is 5.82 Å². The van der Waals surface area contributed by atoms with Crippen molar-refractivity contribution in [2.75, 3.05) is 0 Å². The molecule has 0 unspecified atom stereocenters. The SMILES string of the molecule is CC(C)(NC(=O)c1c(F)cccc1-c1cccs1)c1ccccn1. The molecule has 0 fully saturated rings. The summed E-state index contributed by atoms with van der Waals surface area (Å²) in [7, 11) is 0. The molecular formula is C19H17FN2OS. The Morgan fingerprint density at radius 2 is 1.96 bits per heavy atom. The lowest BCUT2D eigenvalue weighted by Crippen LogP contribution is -2.42. The van der Waals surface area contributed by atoms with E-state index < -0.39 is 17.3 Å². The minimum atomic E-state index is -0.715. The summed E-state index contributed by atoms with van der Waals surface area (Å²) in [4.78, 5) is 17.9. The van der Waals surface area contributed by atoms with Crippen LogP contribution >= 0.6 is 11.3 Å². The van der Waals surface area contributed by atoms with Gasteiger partial charge < -0.3 is 5.32 Å². The first-order chi connectivity index (χ1) is 11.5. The zero-order valence-electron chi connectivity index (χ0n) is 13.4. The van der Waals surface area contributed by atoms with E-state index in [1.54, 1.807) is 18.3 Å². The van der Waals surface area contributed by atoms with Gasteiger partial charge in [0.1, 0.15) is 5.82 Å². The van der Waals surface area contributed by atoms with Crippen LogP contribution in [-0.2, 0) is 5.54 Å². The number of nitrogens with one attached hydrogen (secondary N) is 1. The molecule has 0 saturated carbocycles. The van der Waals surface area contributed by atoms with Gasteiger partial charge in [-0.15, -0.1) is 11.3 Å². The van der Waals surface area contributed by atoms with Crippen molar-refractivity contribution < 1.29 is 9.18 Å². The predicted molar refractivity (Wildman–Crippen MR) is 94.4 cm³/mol. The molecule has 1 N–H and O–H groups in total. The summed E-state index contributed by atoms with van der Waals surface area (Å²) in [6.07, 6.45) is 1.67. The van der Waals surface area contributed by atoms with Crippen molar-refractivity contribution in [3.8, 4) is 10.4 Å². The van der Waals surface area contributed by atoms with Crippen LogP contribution < -0.4 is 5.32 Å². The van der Waals surface area contributed by atoms with Gasteiger partial charge in [0, 0.05) is 16.6 Å². The second-order valence-electron chi connectivity index (χ2n) is 5.93. The third-order valence-corrected chi connectivity index (χ3v) is 4.66. The lowest BCUT2D eigenvalue weighted by Gasteiger charge is -2.26. The Balaban J connectivity index is 1.97. The first kappa shape index (κ1) is 16.3. The van der Waals surface area contributed by atoms with Gasteiger partial charge in [-0.25, -0.2) is 4.39 Å². The largest absolute Gasteiger partial charge is 0.341 e. The number of nitrogens with zero attached hydrogens (tertiary/aromatic N) is 1. The molecule has 2 aromatic heterocycles. The Morgan fingerprint density at radius 1 is 1.12 bits per heavy atom. The van der Waals surface area contributed by atoms with Crippen LogP contribution in [0.25, 0.3) is 10.4 Å². The van der Waals surface area contributed by atoms with E-state index in [1.807, 2.05) is 49.6 Å². The van der Waals surface area contributed by atoms with Crippen molar-refractivity contribution in [2.45, 2.75) is 19.4 Å². The van der Waals surface area contributed by atoms with Gasteiger partial charge in [0.2, 0.25) is 0 Å². The summed E-state index contributed by atoms with van der Waals surface area (Å²) < 4.78 is 14.4. The van der Waals surface area contributed by atoms with Crippen LogP contribution in [0.1, 0.15) is 29.9 Å². The second kappa shape index (κ2) is 6.53. The van der Waals surface area contributed by atoms with Gasteiger partial charge in [0.25, 0.3) is 5.91 Å². The second-order valence-corrected chi connectivity index (χ2v) is 6.88. The van der Waals surface area contributed by atoms with Gasteiger partial charge in [-0.3, -0.25) is 9.78 Å². The molecule has 24 heavy (non-hydrogen) atoms. The van der Waals surface area contributed by atoms with Crippen LogP contribution in [0.2, 0.25) is 0 Å². The van der Waals surface area contributed by atoms with E-state index in [0.29, 0.717) is 11.3 Å². The number of pyridine rings is 1. The summed E-state index contributed by atoms with van der Waals surface area (Å²) in [5.41, 5.74) is 0.656. The van der Waals surface area contributed by atoms with E-state index in [0.717, 1.165) is 4.88 Å². The number of hydrogen-bond donors (Lipinski definition) is 1. The highest BCUT2D eigenvalue weighted by atomic mass is 32.1. The molecular weight excluding hydrogens is 323 g/mol. The first-order valence-corrected chi connectivity index (χ1v) is 8.43. The first-order valence-electron chi connectivity index (χ1n) is 7.55. The number of hydrogen-bond acceptors (Lipinski definition) is 3. The maximum absolute atomic E-state index is 14.4. The Morgan fingerprint density at radius 3 is 2.62 bits per heavy atom. The predicted octanol–water partition coefficient (Wildman–Crippen LogP) is 4.61. The van der Waals surface area contributed by atoms with E-state index in [-0.39, 0.29) is 5.56 Å². The third-order valence-electron chi connectivity index (χ3n) is 3.76. The van der Waals surface area contributed by atoms with Crippen LogP contribution in [0.5, 0.6) is 0 Å². The lowest BCUT2D eigenvalue weighted by molar-refractivity contribution is 0.0907. The fourth-order valence-corrected chi connectivity index (χ4v) is 3.29. The van der Waals surface area contributed by atoms with Gasteiger partial charge in [-0.2, -0.15) is 0 Å². The Kier molecular flexibility index (Phi) is 4.44. The molecule has 2 heterocycles. The van der Waals surface area contributed by atoms with Gasteiger partial charge >= 0.3 is 0 Å². The van der Waals surface area contributed by atoms with Crippen LogP contribution in [0.15, 0.2) is 60.1 Å². The summed E-state index contributed by atoms with van der Waals surface area (Å²) in [6.45, 7) is 3.69. The van der Waals surface area contributed by atoms with E-state index >= 15 is 0 Å². The number of rotatable bonds is 4. The zero-order valence-corrected chi connectivity index (χ0v) is 14.2. The summed E-state index contributed by atoms with van der Waals surface area (Å²) in [5, 5.41) is 4.80. The molecule has 3 aromatic rings. The summed E-state index contributed by atoms with van der Waals surface area (Å²) in [5.74, 6) is -0.984. The average molecular weight is 340 g/mol. The van der Waals surface area contributed by atoms with Crippen molar-refractivity contribution in [1.82, 2.24) is 10.3 Å². The van der Waals surface area contributed by atoms with Crippen LogP contribution in [-0.4, -0.2) is 10.9 Å². The van der Waals surface area contributed by atoms with Crippen molar-refractivity contribution in [3.05, 3.63) is 77.2 Å². The smallest absolute Gasteiger partial charge is 0.255 e. The number of halogens is 1. The van der Waals surface area contributed by atoms with E-state index in [9.17, 15) is 9.18 Å². The number of carbonyl (C=O) groups is 1. The molecule has 0 aliphatic rings. The highest BCUT2D eigenvalue weighted by Gasteiger charge is 2.27. The Labute approximate surface area is 144 Å². The Bertz CT molecular complexity index is 845. The zero-order chi connectivity index (χ0) is 17.2. The van der Waals surface area contributed by atoms with Crippen LogP contribution in [0.3, 0.4) is 0 Å². The normalized spacial score (nSPS) is 11.3. The maximum Gasteiger partial charge on any atom is 0.255 e. The summed E-state index contributed by atoms with van der Waals surface area (Å²) in [6, 6.07) is 13.9. The highest BCUT2D eigenvalue weighted by Crippen LogP contribution is 2.30. The van der Waals surface area contributed by atoms with Gasteiger partial charge in [0.05, 0.1) is 16.8 Å². The van der Waals surface area contributed by atoms with E-state index in [1.165, 1.54) is 17.4 Å². The minimum Gasteiger partial charge on any atom is -0.341 e. The molecule has 1 amide bonds. The number of benzene rings is 1. The number of aromatic nitrogens is 1. The molecule has 3 nitrogen and oxygen atoms in total. The van der Waals surface area contributed by atoms with Gasteiger partial charge in [0.15, 0.2) is 0 Å². The molecule has 3 rings (SSSR count). The molecule has 0 saturated heterocycles. The number of carbonyl (C=O) groups excluding carboxylic acids is 1. The highest BCUT2D eigenvalue weighted by molar-refractivity contribution is 7.13. The molecule has 0 aliphatic heterocycles. The third kappa shape index (κ3) is 3.21. The van der Waals surface area contributed by atoms with Gasteiger partial charge in [-0.1, -0.05) is 24.3 Å². The van der Waals surface area contributed by atoms with E-state index in [4.69, 9.17) is 0 Å². The minimum absolute atomic E-state index is 0.0592. The van der Waals surface area contributed by atoms with Crippen molar-refractivity contribution in [3.63, 3.8) is 0 Å². The quantitative estimate of drug-likeness (QED) is 0.753. The van der Waals surface area contributed by atoms with Crippen molar-refractivity contribution >= 4 is 17.2 Å². The van der Waals surface area contributed by atoms with E-state index in [2.05, 4.69) is 10.3 Å². The van der Waals surface area contributed by atoms with Gasteiger partial charge in [-0.05, 0) is 43.5 Å². The molecule has 1 aromatic carbocycles.